The lowest BCUT2D eigenvalue weighted by Gasteiger charge is -2.11. The highest BCUT2D eigenvalue weighted by Gasteiger charge is 2.15. The number of hydrogen-bond acceptors (Lipinski definition) is 7. The van der Waals surface area contributed by atoms with Crippen molar-refractivity contribution in [1.82, 2.24) is 14.5 Å². The highest BCUT2D eigenvalue weighted by molar-refractivity contribution is 7.98. The summed E-state index contributed by atoms with van der Waals surface area (Å²) in [5.74, 6) is 1.98. The highest BCUT2D eigenvalue weighted by Crippen LogP contribution is 2.36. The van der Waals surface area contributed by atoms with Crippen LogP contribution in [-0.4, -0.2) is 28.8 Å². The van der Waals surface area contributed by atoms with Gasteiger partial charge in [-0.1, -0.05) is 29.4 Å². The molecule has 6 nitrogen and oxygen atoms in total. The summed E-state index contributed by atoms with van der Waals surface area (Å²) in [4.78, 5) is 22.4. The smallest absolute Gasteiger partial charge is 0.262 e. The first-order valence-electron chi connectivity index (χ1n) is 9.64. The summed E-state index contributed by atoms with van der Waals surface area (Å²) in [5, 5.41) is 4.52. The lowest BCUT2D eigenvalue weighted by molar-refractivity contribution is 0.395. The maximum atomic E-state index is 13.0. The van der Waals surface area contributed by atoms with Crippen molar-refractivity contribution in [2.45, 2.75) is 17.5 Å². The molecule has 4 rings (SSSR count). The molecular formula is C23H20ClN3O3S2. The fourth-order valence-electron chi connectivity index (χ4n) is 3.18. The number of nitrogens with zero attached hydrogens (tertiary/aromatic N) is 3. The van der Waals surface area contributed by atoms with Gasteiger partial charge >= 0.3 is 0 Å². The lowest BCUT2D eigenvalue weighted by atomic mass is 10.2. The fraction of sp³-hybridized carbons (Fsp3) is 0.174. The number of rotatable bonds is 8. The van der Waals surface area contributed by atoms with E-state index in [0.29, 0.717) is 39.1 Å². The number of thiazole rings is 1. The Kier molecular flexibility index (Phi) is 6.83. The van der Waals surface area contributed by atoms with E-state index in [4.69, 9.17) is 26.1 Å². The molecule has 32 heavy (non-hydrogen) atoms. The Morgan fingerprint density at radius 2 is 2.03 bits per heavy atom. The average molecular weight is 486 g/mol. The van der Waals surface area contributed by atoms with Crippen LogP contribution in [0.3, 0.4) is 0 Å². The predicted octanol–water partition coefficient (Wildman–Crippen LogP) is 5.67. The van der Waals surface area contributed by atoms with Gasteiger partial charge in [-0.2, -0.15) is 0 Å². The summed E-state index contributed by atoms with van der Waals surface area (Å²) >= 11 is 9.09. The second kappa shape index (κ2) is 9.77. The molecule has 2 aromatic carbocycles. The molecule has 0 atom stereocenters. The number of thioether (sulfide) groups is 1. The normalized spacial score (nSPS) is 11.0. The first-order chi connectivity index (χ1) is 15.5. The van der Waals surface area contributed by atoms with Gasteiger partial charge in [0.05, 0.1) is 36.4 Å². The zero-order valence-electron chi connectivity index (χ0n) is 17.5. The van der Waals surface area contributed by atoms with Gasteiger partial charge in [0.2, 0.25) is 0 Å². The lowest BCUT2D eigenvalue weighted by Crippen LogP contribution is -2.22. The van der Waals surface area contributed by atoms with Crippen molar-refractivity contribution in [3.63, 3.8) is 0 Å². The Bertz CT molecular complexity index is 1350. The van der Waals surface area contributed by atoms with Gasteiger partial charge in [0, 0.05) is 28.8 Å². The Hall–Kier alpha value is -2.81. The summed E-state index contributed by atoms with van der Waals surface area (Å²) in [6.07, 6.45) is 1.69. The van der Waals surface area contributed by atoms with Crippen molar-refractivity contribution in [3.05, 3.63) is 75.5 Å². The minimum absolute atomic E-state index is 0.115. The SMILES string of the molecule is C=CCn1c(SCc2csc(-c3ccc(OC)cc3OC)n2)nc2cc(Cl)ccc2c1=O. The topological polar surface area (TPSA) is 66.2 Å². The van der Waals surface area contributed by atoms with Crippen LogP contribution in [0.1, 0.15) is 5.69 Å². The molecule has 0 unspecified atom stereocenters. The second-order valence-corrected chi connectivity index (χ2v) is 9.00. The fourth-order valence-corrected chi connectivity index (χ4v) is 5.21. The quantitative estimate of drug-likeness (QED) is 0.182. The molecule has 9 heteroatoms. The number of halogens is 1. The summed E-state index contributed by atoms with van der Waals surface area (Å²) < 4.78 is 12.4. The predicted molar refractivity (Wildman–Crippen MR) is 131 cm³/mol. The molecule has 4 aromatic rings. The molecule has 0 aliphatic heterocycles. The second-order valence-electron chi connectivity index (χ2n) is 6.76. The van der Waals surface area contributed by atoms with Crippen molar-refractivity contribution >= 4 is 45.6 Å². The van der Waals surface area contributed by atoms with Crippen LogP contribution in [0.4, 0.5) is 0 Å². The number of aromatic nitrogens is 3. The third kappa shape index (κ3) is 4.53. The molecule has 0 saturated heterocycles. The van der Waals surface area contributed by atoms with Crippen LogP contribution < -0.4 is 15.0 Å². The molecule has 164 valence electrons. The number of hydrogen-bond donors (Lipinski definition) is 0. The van der Waals surface area contributed by atoms with E-state index in [-0.39, 0.29) is 5.56 Å². The monoisotopic (exact) mass is 485 g/mol. The van der Waals surface area contributed by atoms with Crippen molar-refractivity contribution in [2.75, 3.05) is 14.2 Å². The molecule has 2 heterocycles. The molecule has 0 fully saturated rings. The summed E-state index contributed by atoms with van der Waals surface area (Å²) in [6.45, 7) is 4.14. The maximum absolute atomic E-state index is 13.0. The molecule has 0 bridgehead atoms. The van der Waals surface area contributed by atoms with Gasteiger partial charge in [-0.25, -0.2) is 9.97 Å². The average Bonchev–Trinajstić information content (AvgIpc) is 3.28. The van der Waals surface area contributed by atoms with Crippen LogP contribution in [-0.2, 0) is 12.3 Å². The van der Waals surface area contributed by atoms with E-state index in [2.05, 4.69) is 11.6 Å². The van der Waals surface area contributed by atoms with Crippen molar-refractivity contribution in [1.29, 1.82) is 0 Å². The first-order valence-corrected chi connectivity index (χ1v) is 11.9. The Morgan fingerprint density at radius 3 is 2.78 bits per heavy atom. The summed E-state index contributed by atoms with van der Waals surface area (Å²) in [6, 6.07) is 10.8. The van der Waals surface area contributed by atoms with Crippen molar-refractivity contribution in [2.24, 2.45) is 0 Å². The van der Waals surface area contributed by atoms with Gasteiger partial charge in [0.15, 0.2) is 5.16 Å². The van der Waals surface area contributed by atoms with E-state index in [9.17, 15) is 4.79 Å². The Balaban J connectivity index is 1.62. The third-order valence-electron chi connectivity index (χ3n) is 4.73. The third-order valence-corrected chi connectivity index (χ3v) is 6.90. The van der Waals surface area contributed by atoms with Gasteiger partial charge < -0.3 is 9.47 Å². The standard InChI is InChI=1S/C23H20ClN3O3S2/c1-4-9-27-22(28)17-7-5-14(24)10-19(17)26-23(27)32-13-15-12-31-21(25-15)18-8-6-16(29-2)11-20(18)30-3/h4-8,10-12H,1,9,13H2,2-3H3. The van der Waals surface area contributed by atoms with E-state index < -0.39 is 0 Å². The van der Waals surface area contributed by atoms with Gasteiger partial charge in [0.25, 0.3) is 5.56 Å². The zero-order valence-corrected chi connectivity index (χ0v) is 19.9. The van der Waals surface area contributed by atoms with Crippen molar-refractivity contribution in [3.8, 4) is 22.1 Å². The van der Waals surface area contributed by atoms with Crippen molar-refractivity contribution < 1.29 is 9.47 Å². The van der Waals surface area contributed by atoms with Crippen LogP contribution in [0.5, 0.6) is 11.5 Å². The van der Waals surface area contributed by atoms with E-state index in [1.54, 1.807) is 43.1 Å². The van der Waals surface area contributed by atoms with Crippen LogP contribution in [0.2, 0.25) is 5.02 Å². The van der Waals surface area contributed by atoms with Gasteiger partial charge in [-0.05, 0) is 30.3 Å². The number of ether oxygens (including phenoxy) is 2. The molecule has 0 amide bonds. The van der Waals surface area contributed by atoms with Crippen LogP contribution in [0.25, 0.3) is 21.5 Å². The van der Waals surface area contributed by atoms with Gasteiger partial charge in [-0.15, -0.1) is 17.9 Å². The number of benzene rings is 2. The molecule has 0 spiro atoms. The minimum Gasteiger partial charge on any atom is -0.497 e. The van der Waals surface area contributed by atoms with E-state index >= 15 is 0 Å². The summed E-state index contributed by atoms with van der Waals surface area (Å²) in [7, 11) is 3.24. The Labute approximate surface area is 198 Å². The van der Waals surface area contributed by atoms with Crippen LogP contribution in [0.15, 0.2) is 64.4 Å². The number of allylic oxidation sites excluding steroid dienone is 1. The van der Waals surface area contributed by atoms with E-state index in [0.717, 1.165) is 22.0 Å². The number of fused-ring (bicyclic) bond motifs is 1. The number of methoxy groups -OCH3 is 2. The van der Waals surface area contributed by atoms with Gasteiger partial charge in [-0.3, -0.25) is 9.36 Å². The highest BCUT2D eigenvalue weighted by atomic mass is 35.5. The first kappa shape index (κ1) is 22.4. The molecular weight excluding hydrogens is 466 g/mol. The Morgan fingerprint density at radius 1 is 1.19 bits per heavy atom. The molecule has 0 aliphatic carbocycles. The van der Waals surface area contributed by atoms with Gasteiger partial charge in [0.1, 0.15) is 16.5 Å². The minimum atomic E-state index is -0.115. The molecule has 2 aromatic heterocycles. The van der Waals surface area contributed by atoms with E-state index in [1.807, 2.05) is 23.6 Å². The van der Waals surface area contributed by atoms with E-state index in [1.165, 1.54) is 23.1 Å². The maximum Gasteiger partial charge on any atom is 0.262 e. The molecule has 0 aliphatic rings. The molecule has 0 N–H and O–H groups in total. The molecule has 0 saturated carbocycles. The summed E-state index contributed by atoms with van der Waals surface area (Å²) in [5.41, 5.74) is 2.25. The molecule has 0 radical (unpaired) electrons. The zero-order chi connectivity index (χ0) is 22.7. The van der Waals surface area contributed by atoms with Crippen LogP contribution >= 0.6 is 34.7 Å². The van der Waals surface area contributed by atoms with Crippen LogP contribution in [0, 0.1) is 0 Å². The largest absolute Gasteiger partial charge is 0.497 e.